The number of unbranched alkanes of at least 4 members (excludes halogenated alkanes) is 1. The van der Waals surface area contributed by atoms with Crippen molar-refractivity contribution >= 4 is 5.91 Å². The van der Waals surface area contributed by atoms with Gasteiger partial charge in [-0.1, -0.05) is 57.0 Å². The number of carbonyl (C=O) groups is 1. The van der Waals surface area contributed by atoms with Crippen LogP contribution in [0.2, 0.25) is 0 Å². The molecule has 0 spiro atoms. The first kappa shape index (κ1) is 17.2. The number of hydrogen-bond donors (Lipinski definition) is 0. The molecule has 0 aliphatic rings. The molecule has 0 bridgehead atoms. The lowest BCUT2D eigenvalue weighted by Gasteiger charge is -2.26. The summed E-state index contributed by atoms with van der Waals surface area (Å²) in [7, 11) is 0. The number of rotatable bonds is 9. The molecule has 0 fully saturated rings. The highest BCUT2D eigenvalue weighted by molar-refractivity contribution is 5.78. The number of benzene rings is 1. The third-order valence-corrected chi connectivity index (χ3v) is 3.77. The molecule has 3 nitrogen and oxygen atoms in total. The number of carbonyl (C=O) groups excluding carboxylic acids is 1. The summed E-state index contributed by atoms with van der Waals surface area (Å²) in [5.74, 6) is 0.289. The predicted molar refractivity (Wildman–Crippen MR) is 85.4 cm³/mol. The fourth-order valence-corrected chi connectivity index (χ4v) is 2.47. The van der Waals surface area contributed by atoms with Gasteiger partial charge in [0.2, 0.25) is 5.91 Å². The van der Waals surface area contributed by atoms with E-state index in [0.29, 0.717) is 19.5 Å². The molecule has 0 saturated heterocycles. The molecule has 1 rings (SSSR count). The van der Waals surface area contributed by atoms with Crippen molar-refractivity contribution in [2.75, 3.05) is 6.54 Å². The van der Waals surface area contributed by atoms with Crippen LogP contribution in [0.3, 0.4) is 0 Å². The number of nitrogens with zero attached hydrogens (tertiary/aromatic N) is 2. The molecule has 1 atom stereocenters. The van der Waals surface area contributed by atoms with E-state index in [1.807, 2.05) is 35.2 Å². The van der Waals surface area contributed by atoms with Crippen LogP contribution in [0.25, 0.3) is 0 Å². The van der Waals surface area contributed by atoms with Gasteiger partial charge in [0.1, 0.15) is 0 Å². The highest BCUT2D eigenvalue weighted by atomic mass is 16.2. The quantitative estimate of drug-likeness (QED) is 0.684. The first-order chi connectivity index (χ1) is 10.2. The Balaban J connectivity index is 2.75. The van der Waals surface area contributed by atoms with Crippen LogP contribution in [0.15, 0.2) is 30.3 Å². The molecule has 1 aromatic carbocycles. The number of amides is 1. The molecule has 1 unspecified atom stereocenters. The lowest BCUT2D eigenvalue weighted by Crippen LogP contribution is -2.36. The van der Waals surface area contributed by atoms with Gasteiger partial charge < -0.3 is 4.90 Å². The fraction of sp³-hybridized carbons (Fsp3) is 0.556. The monoisotopic (exact) mass is 286 g/mol. The van der Waals surface area contributed by atoms with E-state index >= 15 is 0 Å². The normalized spacial score (nSPS) is 11.7. The van der Waals surface area contributed by atoms with Crippen LogP contribution in [-0.2, 0) is 11.3 Å². The highest BCUT2D eigenvalue weighted by Crippen LogP contribution is 2.18. The minimum absolute atomic E-state index is 0.0901. The van der Waals surface area contributed by atoms with Crippen LogP contribution < -0.4 is 0 Å². The van der Waals surface area contributed by atoms with Crippen molar-refractivity contribution in [3.63, 3.8) is 0 Å². The van der Waals surface area contributed by atoms with Crippen LogP contribution in [0.5, 0.6) is 0 Å². The Bertz CT molecular complexity index is 450. The lowest BCUT2D eigenvalue weighted by atomic mass is 9.97. The highest BCUT2D eigenvalue weighted by Gasteiger charge is 2.22. The van der Waals surface area contributed by atoms with Gasteiger partial charge in [-0.3, -0.25) is 4.79 Å². The topological polar surface area (TPSA) is 44.1 Å². The van der Waals surface area contributed by atoms with Crippen LogP contribution in [0, 0.1) is 17.2 Å². The largest absolute Gasteiger partial charge is 0.337 e. The van der Waals surface area contributed by atoms with Gasteiger partial charge in [0.25, 0.3) is 0 Å². The standard InChI is InChI=1S/C18H26N2O/c1-3-5-12-17(4-2)18(21)20(14-9-13-19)15-16-10-7-6-8-11-16/h6-8,10-11,17H,3-5,9,12,14-15H2,1-2H3. The Hall–Kier alpha value is -1.82. The van der Waals surface area contributed by atoms with Gasteiger partial charge in [0, 0.05) is 19.0 Å². The van der Waals surface area contributed by atoms with E-state index in [9.17, 15) is 4.79 Å². The van der Waals surface area contributed by atoms with Crippen LogP contribution in [0.1, 0.15) is 51.5 Å². The molecule has 0 aromatic heterocycles. The first-order valence-corrected chi connectivity index (χ1v) is 7.92. The van der Waals surface area contributed by atoms with Gasteiger partial charge in [0.15, 0.2) is 0 Å². The minimum atomic E-state index is 0.0901. The van der Waals surface area contributed by atoms with E-state index in [-0.39, 0.29) is 11.8 Å². The molecule has 1 amide bonds. The summed E-state index contributed by atoms with van der Waals surface area (Å²) in [6, 6.07) is 12.1. The SMILES string of the molecule is CCCCC(CC)C(=O)N(CCC#N)Cc1ccccc1. The zero-order chi connectivity index (χ0) is 15.5. The van der Waals surface area contributed by atoms with Gasteiger partial charge in [-0.2, -0.15) is 5.26 Å². The predicted octanol–water partition coefficient (Wildman–Crippen LogP) is 4.15. The van der Waals surface area contributed by atoms with Gasteiger partial charge >= 0.3 is 0 Å². The molecule has 0 radical (unpaired) electrons. The van der Waals surface area contributed by atoms with Crippen LogP contribution in [-0.4, -0.2) is 17.4 Å². The maximum absolute atomic E-state index is 12.7. The molecule has 0 aliphatic carbocycles. The van der Waals surface area contributed by atoms with E-state index in [1.165, 1.54) is 0 Å². The second-order valence-electron chi connectivity index (χ2n) is 5.40. The number of hydrogen-bond acceptors (Lipinski definition) is 2. The van der Waals surface area contributed by atoms with Crippen molar-refractivity contribution < 1.29 is 4.79 Å². The summed E-state index contributed by atoms with van der Waals surface area (Å²) in [5.41, 5.74) is 1.12. The summed E-state index contributed by atoms with van der Waals surface area (Å²) in [4.78, 5) is 14.6. The first-order valence-electron chi connectivity index (χ1n) is 7.92. The lowest BCUT2D eigenvalue weighted by molar-refractivity contribution is -0.136. The van der Waals surface area contributed by atoms with Crippen LogP contribution in [0.4, 0.5) is 0 Å². The summed E-state index contributed by atoms with van der Waals surface area (Å²) in [5, 5.41) is 8.81. The number of nitriles is 1. The molecule has 0 heterocycles. The van der Waals surface area contributed by atoms with Crippen molar-refractivity contribution in [2.45, 2.75) is 52.5 Å². The summed E-state index contributed by atoms with van der Waals surface area (Å²) in [6.45, 7) is 5.34. The summed E-state index contributed by atoms with van der Waals surface area (Å²) in [6.07, 6.45) is 4.41. The van der Waals surface area contributed by atoms with E-state index in [1.54, 1.807) is 0 Å². The van der Waals surface area contributed by atoms with E-state index in [2.05, 4.69) is 19.9 Å². The molecule has 21 heavy (non-hydrogen) atoms. The van der Waals surface area contributed by atoms with Crippen LogP contribution >= 0.6 is 0 Å². The molecular formula is C18H26N2O. The Kier molecular flexibility index (Phi) is 8.19. The zero-order valence-electron chi connectivity index (χ0n) is 13.2. The van der Waals surface area contributed by atoms with Crippen molar-refractivity contribution in [2.24, 2.45) is 5.92 Å². The smallest absolute Gasteiger partial charge is 0.226 e. The molecule has 114 valence electrons. The van der Waals surface area contributed by atoms with Gasteiger partial charge in [-0.05, 0) is 18.4 Å². The average Bonchev–Trinajstić information content (AvgIpc) is 2.53. The second kappa shape index (κ2) is 9.99. The van der Waals surface area contributed by atoms with E-state index in [0.717, 1.165) is 31.2 Å². The Morgan fingerprint density at radius 1 is 1.29 bits per heavy atom. The van der Waals surface area contributed by atoms with E-state index < -0.39 is 0 Å². The zero-order valence-corrected chi connectivity index (χ0v) is 13.2. The molecule has 0 N–H and O–H groups in total. The minimum Gasteiger partial charge on any atom is -0.337 e. The molecular weight excluding hydrogens is 260 g/mol. The van der Waals surface area contributed by atoms with Gasteiger partial charge in [-0.15, -0.1) is 0 Å². The van der Waals surface area contributed by atoms with Gasteiger partial charge in [0.05, 0.1) is 12.5 Å². The maximum Gasteiger partial charge on any atom is 0.226 e. The van der Waals surface area contributed by atoms with Gasteiger partial charge in [-0.25, -0.2) is 0 Å². The third-order valence-electron chi connectivity index (χ3n) is 3.77. The summed E-state index contributed by atoms with van der Waals surface area (Å²) < 4.78 is 0. The Morgan fingerprint density at radius 3 is 2.57 bits per heavy atom. The molecule has 3 heteroatoms. The van der Waals surface area contributed by atoms with Crippen molar-refractivity contribution in [1.82, 2.24) is 4.90 Å². The molecule has 0 aliphatic heterocycles. The Morgan fingerprint density at radius 2 is 2.00 bits per heavy atom. The molecule has 1 aromatic rings. The van der Waals surface area contributed by atoms with Crippen molar-refractivity contribution in [3.8, 4) is 6.07 Å². The summed E-state index contributed by atoms with van der Waals surface area (Å²) >= 11 is 0. The van der Waals surface area contributed by atoms with E-state index in [4.69, 9.17) is 5.26 Å². The van der Waals surface area contributed by atoms with Crippen molar-refractivity contribution in [3.05, 3.63) is 35.9 Å². The second-order valence-corrected chi connectivity index (χ2v) is 5.40. The third kappa shape index (κ3) is 5.99. The maximum atomic E-state index is 12.7. The average molecular weight is 286 g/mol. The molecule has 0 saturated carbocycles. The fourth-order valence-electron chi connectivity index (χ4n) is 2.47. The van der Waals surface area contributed by atoms with Crippen molar-refractivity contribution in [1.29, 1.82) is 5.26 Å². The Labute approximate surface area is 128 Å².